The minimum atomic E-state index is -3.80. The summed E-state index contributed by atoms with van der Waals surface area (Å²) >= 11 is 0. The normalized spacial score (nSPS) is 15.0. The van der Waals surface area contributed by atoms with E-state index in [9.17, 15) is 23.3 Å². The zero-order valence-corrected chi connectivity index (χ0v) is 18.2. The zero-order chi connectivity index (χ0) is 22.6. The largest absolute Gasteiger partial charge is 0.484 e. The fraction of sp³-hybridized carbons (Fsp3) is 0.381. The van der Waals surface area contributed by atoms with Gasteiger partial charge >= 0.3 is 0 Å². The van der Waals surface area contributed by atoms with Crippen molar-refractivity contribution < 1.29 is 22.9 Å². The molecule has 1 aliphatic heterocycles. The molecule has 0 aromatic heterocycles. The van der Waals surface area contributed by atoms with E-state index in [1.807, 2.05) is 32.0 Å². The van der Waals surface area contributed by atoms with E-state index in [4.69, 9.17) is 4.74 Å². The highest BCUT2D eigenvalue weighted by molar-refractivity contribution is 7.89. The van der Waals surface area contributed by atoms with Crippen LogP contribution in [0.4, 0.5) is 5.69 Å². The van der Waals surface area contributed by atoms with E-state index in [2.05, 4.69) is 4.72 Å². The third-order valence-corrected chi connectivity index (χ3v) is 6.75. The summed E-state index contributed by atoms with van der Waals surface area (Å²) in [6, 6.07) is 10.2. The second kappa shape index (κ2) is 9.44. The van der Waals surface area contributed by atoms with Crippen molar-refractivity contribution in [1.82, 2.24) is 9.62 Å². The molecule has 0 saturated carbocycles. The van der Waals surface area contributed by atoms with Gasteiger partial charge in [-0.1, -0.05) is 17.7 Å². The Hall–Kier alpha value is -2.98. The van der Waals surface area contributed by atoms with Crippen LogP contribution in [0, 0.1) is 24.0 Å². The van der Waals surface area contributed by atoms with E-state index in [0.717, 1.165) is 23.3 Å². The Bertz CT molecular complexity index is 1060. The highest BCUT2D eigenvalue weighted by atomic mass is 32.2. The quantitative estimate of drug-likeness (QED) is 0.515. The van der Waals surface area contributed by atoms with Crippen molar-refractivity contribution in [3.05, 3.63) is 63.7 Å². The van der Waals surface area contributed by atoms with E-state index in [1.165, 1.54) is 12.1 Å². The van der Waals surface area contributed by atoms with Gasteiger partial charge < -0.3 is 9.64 Å². The fourth-order valence-corrected chi connectivity index (χ4v) is 4.78. The van der Waals surface area contributed by atoms with Gasteiger partial charge in [0, 0.05) is 31.3 Å². The van der Waals surface area contributed by atoms with Crippen LogP contribution in [0.25, 0.3) is 0 Å². The Balaban J connectivity index is 1.50. The van der Waals surface area contributed by atoms with Crippen LogP contribution < -0.4 is 9.46 Å². The van der Waals surface area contributed by atoms with Crippen LogP contribution >= 0.6 is 0 Å². The third-order valence-electron chi connectivity index (χ3n) is 5.21. The summed E-state index contributed by atoms with van der Waals surface area (Å²) < 4.78 is 33.3. The average Bonchev–Trinajstić information content (AvgIpc) is 2.73. The molecular formula is C21H25N3O6S. The predicted octanol–water partition coefficient (Wildman–Crippen LogP) is 2.56. The number of benzene rings is 2. The van der Waals surface area contributed by atoms with Crippen molar-refractivity contribution in [2.24, 2.45) is 0 Å². The lowest BCUT2D eigenvalue weighted by atomic mass is 10.1. The molecule has 1 aliphatic rings. The number of ether oxygens (including phenoxy) is 1. The Kier molecular flexibility index (Phi) is 6.91. The van der Waals surface area contributed by atoms with Crippen LogP contribution in [0.2, 0.25) is 0 Å². The summed E-state index contributed by atoms with van der Waals surface area (Å²) in [7, 11) is -3.80. The lowest BCUT2D eigenvalue weighted by Crippen LogP contribution is -2.47. The van der Waals surface area contributed by atoms with Gasteiger partial charge in [0.1, 0.15) is 5.75 Å². The number of sulfonamides is 1. The summed E-state index contributed by atoms with van der Waals surface area (Å²) in [5, 5.41) is 10.7. The number of nitrogens with zero attached hydrogens (tertiary/aromatic N) is 2. The fourth-order valence-electron chi connectivity index (χ4n) is 3.47. The number of aryl methyl sites for hydroxylation is 2. The number of rotatable bonds is 7. The number of hydrogen-bond acceptors (Lipinski definition) is 6. The smallest absolute Gasteiger partial charge is 0.269 e. The van der Waals surface area contributed by atoms with E-state index in [0.29, 0.717) is 31.7 Å². The molecule has 0 atom stereocenters. The molecule has 166 valence electrons. The van der Waals surface area contributed by atoms with Gasteiger partial charge in [-0.05, 0) is 50.5 Å². The number of carbonyl (C=O) groups excluding carboxylic acids is 1. The first-order valence-corrected chi connectivity index (χ1v) is 11.4. The van der Waals surface area contributed by atoms with Crippen molar-refractivity contribution in [2.45, 2.75) is 37.6 Å². The molecule has 0 spiro atoms. The van der Waals surface area contributed by atoms with Gasteiger partial charge in [0.2, 0.25) is 10.0 Å². The molecule has 1 saturated heterocycles. The minimum Gasteiger partial charge on any atom is -0.484 e. The summed E-state index contributed by atoms with van der Waals surface area (Å²) in [6.45, 7) is 4.69. The number of nitro benzene ring substituents is 1. The molecule has 3 rings (SSSR count). The number of likely N-dealkylation sites (tertiary alicyclic amines) is 1. The van der Waals surface area contributed by atoms with Gasteiger partial charge in [-0.25, -0.2) is 13.1 Å². The van der Waals surface area contributed by atoms with Crippen molar-refractivity contribution in [1.29, 1.82) is 0 Å². The molecule has 0 aliphatic carbocycles. The second-order valence-corrected chi connectivity index (χ2v) is 9.30. The van der Waals surface area contributed by atoms with Crippen LogP contribution in [0.5, 0.6) is 5.75 Å². The maximum absolute atomic E-state index is 12.5. The standard InChI is InChI=1S/C21H25N3O6S/c1-15-3-8-20(16(2)13-15)30-14-21(25)23-11-9-17(10-12-23)22-31(28,29)19-6-4-18(5-7-19)24(26)27/h3-8,13,17,22H,9-12,14H2,1-2H3. The molecule has 2 aromatic carbocycles. The number of carbonyl (C=O) groups is 1. The van der Waals surface area contributed by atoms with Gasteiger partial charge in [-0.3, -0.25) is 14.9 Å². The van der Waals surface area contributed by atoms with Crippen LogP contribution in [0.1, 0.15) is 24.0 Å². The maximum atomic E-state index is 12.5. The lowest BCUT2D eigenvalue weighted by molar-refractivity contribution is -0.384. The van der Waals surface area contributed by atoms with Crippen LogP contribution in [0.15, 0.2) is 47.4 Å². The third kappa shape index (κ3) is 5.80. The monoisotopic (exact) mass is 447 g/mol. The van der Waals surface area contributed by atoms with Gasteiger partial charge in [0.15, 0.2) is 6.61 Å². The number of piperidine rings is 1. The molecule has 0 unspecified atom stereocenters. The summed E-state index contributed by atoms with van der Waals surface area (Å²) in [4.78, 5) is 24.2. The molecule has 1 amide bonds. The zero-order valence-electron chi connectivity index (χ0n) is 17.4. The molecular weight excluding hydrogens is 422 g/mol. The topological polar surface area (TPSA) is 119 Å². The summed E-state index contributed by atoms with van der Waals surface area (Å²) in [6.07, 6.45) is 0.947. The Morgan fingerprint density at radius 3 is 2.39 bits per heavy atom. The van der Waals surface area contributed by atoms with E-state index >= 15 is 0 Å². The number of hydrogen-bond donors (Lipinski definition) is 1. The number of nitro groups is 1. The van der Waals surface area contributed by atoms with Crippen LogP contribution in [-0.2, 0) is 14.8 Å². The number of non-ortho nitro benzene ring substituents is 1. The lowest BCUT2D eigenvalue weighted by Gasteiger charge is -2.32. The SMILES string of the molecule is Cc1ccc(OCC(=O)N2CCC(NS(=O)(=O)c3ccc([N+](=O)[O-])cc3)CC2)c(C)c1. The Morgan fingerprint density at radius 1 is 1.16 bits per heavy atom. The number of nitrogens with one attached hydrogen (secondary N) is 1. The van der Waals surface area contributed by atoms with Crippen molar-refractivity contribution in [3.8, 4) is 5.75 Å². The van der Waals surface area contributed by atoms with Gasteiger partial charge in [-0.2, -0.15) is 0 Å². The molecule has 0 bridgehead atoms. The first-order chi connectivity index (χ1) is 14.7. The molecule has 1 heterocycles. The van der Waals surface area contributed by atoms with E-state index < -0.39 is 14.9 Å². The van der Waals surface area contributed by atoms with Gasteiger partial charge in [0.25, 0.3) is 11.6 Å². The molecule has 10 heteroatoms. The maximum Gasteiger partial charge on any atom is 0.269 e. The first kappa shape index (κ1) is 22.7. The molecule has 31 heavy (non-hydrogen) atoms. The van der Waals surface area contributed by atoms with Gasteiger partial charge in [-0.15, -0.1) is 0 Å². The summed E-state index contributed by atoms with van der Waals surface area (Å²) in [5.74, 6) is 0.529. The van der Waals surface area contributed by atoms with Crippen molar-refractivity contribution >= 4 is 21.6 Å². The second-order valence-electron chi connectivity index (χ2n) is 7.58. The molecule has 0 radical (unpaired) electrons. The van der Waals surface area contributed by atoms with E-state index in [1.54, 1.807) is 4.90 Å². The van der Waals surface area contributed by atoms with Gasteiger partial charge in [0.05, 0.1) is 9.82 Å². The molecule has 1 N–H and O–H groups in total. The van der Waals surface area contributed by atoms with E-state index in [-0.39, 0.29) is 29.1 Å². The summed E-state index contributed by atoms with van der Waals surface area (Å²) in [5.41, 5.74) is 1.91. The number of amides is 1. The van der Waals surface area contributed by atoms with Crippen LogP contribution in [0.3, 0.4) is 0 Å². The van der Waals surface area contributed by atoms with Crippen LogP contribution in [-0.4, -0.2) is 49.9 Å². The highest BCUT2D eigenvalue weighted by Crippen LogP contribution is 2.20. The predicted molar refractivity (Wildman–Crippen MR) is 114 cm³/mol. The van der Waals surface area contributed by atoms with Crippen molar-refractivity contribution in [2.75, 3.05) is 19.7 Å². The Morgan fingerprint density at radius 2 is 1.81 bits per heavy atom. The first-order valence-electron chi connectivity index (χ1n) is 9.90. The average molecular weight is 448 g/mol. The molecule has 1 fully saturated rings. The minimum absolute atomic E-state index is 0.0292. The molecule has 2 aromatic rings. The Labute approximate surface area is 181 Å². The molecule has 9 nitrogen and oxygen atoms in total. The highest BCUT2D eigenvalue weighted by Gasteiger charge is 2.27. The van der Waals surface area contributed by atoms with Crippen molar-refractivity contribution in [3.63, 3.8) is 0 Å².